The van der Waals surface area contributed by atoms with Crippen molar-refractivity contribution in [3.8, 4) is 0 Å². The van der Waals surface area contributed by atoms with Crippen LogP contribution in [0.3, 0.4) is 0 Å². The van der Waals surface area contributed by atoms with Crippen molar-refractivity contribution in [1.29, 1.82) is 0 Å². The highest BCUT2D eigenvalue weighted by atomic mass is 32.2. The molecule has 6 nitrogen and oxygen atoms in total. The van der Waals surface area contributed by atoms with Crippen molar-refractivity contribution < 1.29 is 22.4 Å². The van der Waals surface area contributed by atoms with Crippen molar-refractivity contribution in [2.24, 2.45) is 0 Å². The lowest BCUT2D eigenvalue weighted by Gasteiger charge is -2.17. The molecule has 2 N–H and O–H groups in total. The summed E-state index contributed by atoms with van der Waals surface area (Å²) in [4.78, 5) is 24.2. The van der Waals surface area contributed by atoms with Gasteiger partial charge in [0.1, 0.15) is 5.82 Å². The second-order valence-electron chi connectivity index (χ2n) is 6.41. The van der Waals surface area contributed by atoms with E-state index in [-0.39, 0.29) is 24.0 Å². The molecule has 130 valence electrons. The van der Waals surface area contributed by atoms with E-state index in [1.54, 1.807) is 18.2 Å². The monoisotopic (exact) mass is 354 g/mol. The first-order valence-electron chi connectivity index (χ1n) is 7.85. The van der Waals surface area contributed by atoms with Gasteiger partial charge in [0.15, 0.2) is 9.84 Å². The molecule has 1 aliphatic carbocycles. The molecule has 1 atom stereocenters. The van der Waals surface area contributed by atoms with E-state index in [1.165, 1.54) is 6.07 Å². The third-order valence-electron chi connectivity index (χ3n) is 4.58. The van der Waals surface area contributed by atoms with E-state index >= 15 is 0 Å². The van der Waals surface area contributed by atoms with Crippen molar-refractivity contribution in [2.75, 3.05) is 18.1 Å². The van der Waals surface area contributed by atoms with Crippen LogP contribution in [0.2, 0.25) is 0 Å². The fourth-order valence-electron chi connectivity index (χ4n) is 3.11. The Kier molecular flexibility index (Phi) is 4.33. The molecule has 3 rings (SSSR count). The summed E-state index contributed by atoms with van der Waals surface area (Å²) in [6.45, 7) is -0.244. The number of hydrogen-bond acceptors (Lipinski definition) is 4. The van der Waals surface area contributed by atoms with Crippen LogP contribution in [0.4, 0.5) is 4.39 Å². The van der Waals surface area contributed by atoms with Gasteiger partial charge in [0.25, 0.3) is 0 Å². The Morgan fingerprint density at radius 2 is 1.96 bits per heavy atom. The van der Waals surface area contributed by atoms with E-state index < -0.39 is 33.0 Å². The Labute approximate surface area is 139 Å². The van der Waals surface area contributed by atoms with Crippen LogP contribution in [0.5, 0.6) is 0 Å². The first kappa shape index (κ1) is 16.9. The Morgan fingerprint density at radius 1 is 1.25 bits per heavy atom. The molecule has 1 saturated carbocycles. The van der Waals surface area contributed by atoms with E-state index in [9.17, 15) is 22.4 Å². The van der Waals surface area contributed by atoms with Gasteiger partial charge in [-0.15, -0.1) is 0 Å². The minimum Gasteiger partial charge on any atom is -0.351 e. The SMILES string of the molecule is O=C(CNC(=O)C1(c2ccccc2F)CC1)NC1CCS(=O)(=O)C1. The third-order valence-corrected chi connectivity index (χ3v) is 6.35. The van der Waals surface area contributed by atoms with Gasteiger partial charge in [0, 0.05) is 11.6 Å². The van der Waals surface area contributed by atoms with Gasteiger partial charge in [0.2, 0.25) is 11.8 Å². The molecule has 0 radical (unpaired) electrons. The minimum atomic E-state index is -3.07. The van der Waals surface area contributed by atoms with Crippen LogP contribution >= 0.6 is 0 Å². The molecule has 1 aliphatic heterocycles. The molecule has 0 spiro atoms. The molecule has 1 aromatic carbocycles. The smallest absolute Gasteiger partial charge is 0.239 e. The molecular weight excluding hydrogens is 335 g/mol. The van der Waals surface area contributed by atoms with Crippen LogP contribution in [-0.2, 0) is 24.8 Å². The number of nitrogens with one attached hydrogen (secondary N) is 2. The number of rotatable bonds is 5. The summed E-state index contributed by atoms with van der Waals surface area (Å²) < 4.78 is 36.6. The van der Waals surface area contributed by atoms with E-state index in [0.717, 1.165) is 0 Å². The Morgan fingerprint density at radius 3 is 2.54 bits per heavy atom. The maximum absolute atomic E-state index is 13.9. The lowest BCUT2D eigenvalue weighted by Crippen LogP contribution is -2.45. The maximum Gasteiger partial charge on any atom is 0.239 e. The van der Waals surface area contributed by atoms with Gasteiger partial charge >= 0.3 is 0 Å². The highest BCUT2D eigenvalue weighted by Crippen LogP contribution is 2.49. The molecule has 2 aliphatic rings. The molecule has 0 aromatic heterocycles. The van der Waals surface area contributed by atoms with Crippen LogP contribution in [0.1, 0.15) is 24.8 Å². The van der Waals surface area contributed by atoms with Crippen LogP contribution in [0.25, 0.3) is 0 Å². The maximum atomic E-state index is 13.9. The van der Waals surface area contributed by atoms with Crippen LogP contribution in [0.15, 0.2) is 24.3 Å². The largest absolute Gasteiger partial charge is 0.351 e. The molecule has 1 unspecified atom stereocenters. The Hall–Kier alpha value is -1.96. The Bertz CT molecular complexity index is 774. The first-order chi connectivity index (χ1) is 11.3. The molecule has 0 bridgehead atoms. The molecule has 8 heteroatoms. The molecule has 2 amide bonds. The van der Waals surface area contributed by atoms with Crippen LogP contribution in [0, 0.1) is 5.82 Å². The minimum absolute atomic E-state index is 0.0636. The summed E-state index contributed by atoms with van der Waals surface area (Å²) in [6, 6.07) is 5.75. The molecule has 1 heterocycles. The van der Waals surface area contributed by atoms with Crippen molar-refractivity contribution in [3.63, 3.8) is 0 Å². The number of carbonyl (C=O) groups is 2. The molecular formula is C16H19FN2O4S. The average Bonchev–Trinajstić information content (AvgIpc) is 3.25. The van der Waals surface area contributed by atoms with Gasteiger partial charge in [-0.05, 0) is 25.3 Å². The summed E-state index contributed by atoms with van der Waals surface area (Å²) in [5, 5.41) is 5.14. The number of carbonyl (C=O) groups excluding carboxylic acids is 2. The lowest BCUT2D eigenvalue weighted by atomic mass is 9.94. The summed E-state index contributed by atoms with van der Waals surface area (Å²) in [5.74, 6) is -1.23. The van der Waals surface area contributed by atoms with Crippen molar-refractivity contribution in [2.45, 2.75) is 30.7 Å². The fourth-order valence-corrected chi connectivity index (χ4v) is 4.78. The summed E-state index contributed by atoms with van der Waals surface area (Å²) >= 11 is 0. The van der Waals surface area contributed by atoms with Crippen molar-refractivity contribution >= 4 is 21.7 Å². The topological polar surface area (TPSA) is 92.3 Å². The van der Waals surface area contributed by atoms with Gasteiger partial charge in [-0.2, -0.15) is 0 Å². The predicted octanol–water partition coefficient (Wildman–Crippen LogP) is 0.277. The third kappa shape index (κ3) is 3.43. The molecule has 2 fully saturated rings. The van der Waals surface area contributed by atoms with Crippen molar-refractivity contribution in [1.82, 2.24) is 10.6 Å². The van der Waals surface area contributed by atoms with E-state index in [0.29, 0.717) is 24.8 Å². The fraction of sp³-hybridized carbons (Fsp3) is 0.500. The van der Waals surface area contributed by atoms with Crippen molar-refractivity contribution in [3.05, 3.63) is 35.6 Å². The number of hydrogen-bond donors (Lipinski definition) is 2. The first-order valence-corrected chi connectivity index (χ1v) is 9.68. The normalized spacial score (nSPS) is 23.5. The van der Waals surface area contributed by atoms with E-state index in [2.05, 4.69) is 10.6 Å². The zero-order chi connectivity index (χ0) is 17.4. The number of halogens is 1. The second kappa shape index (κ2) is 6.16. The Balaban J connectivity index is 1.54. The average molecular weight is 354 g/mol. The predicted molar refractivity (Wildman–Crippen MR) is 85.5 cm³/mol. The standard InChI is InChI=1S/C16H19FN2O4S/c17-13-4-2-1-3-12(13)16(6-7-16)15(21)18-9-14(20)19-11-5-8-24(22,23)10-11/h1-4,11H,5-10H2,(H,18,21)(H,19,20). The molecule has 24 heavy (non-hydrogen) atoms. The van der Waals surface area contributed by atoms with Gasteiger partial charge in [0.05, 0.1) is 23.5 Å². The number of benzene rings is 1. The van der Waals surface area contributed by atoms with E-state index in [4.69, 9.17) is 0 Å². The highest BCUT2D eigenvalue weighted by Gasteiger charge is 2.52. The van der Waals surface area contributed by atoms with Gasteiger partial charge in [-0.25, -0.2) is 12.8 Å². The summed E-state index contributed by atoms with van der Waals surface area (Å²) in [7, 11) is -3.07. The van der Waals surface area contributed by atoms with E-state index in [1.807, 2.05) is 0 Å². The van der Waals surface area contributed by atoms with Gasteiger partial charge < -0.3 is 10.6 Å². The quantitative estimate of drug-likeness (QED) is 0.794. The van der Waals surface area contributed by atoms with Crippen LogP contribution in [-0.4, -0.2) is 44.3 Å². The van der Waals surface area contributed by atoms with Crippen LogP contribution < -0.4 is 10.6 Å². The number of sulfone groups is 1. The number of amides is 2. The molecule has 1 saturated heterocycles. The van der Waals surface area contributed by atoms with Gasteiger partial charge in [-0.1, -0.05) is 18.2 Å². The second-order valence-corrected chi connectivity index (χ2v) is 8.64. The zero-order valence-electron chi connectivity index (χ0n) is 13.0. The summed E-state index contributed by atoms with van der Waals surface area (Å²) in [6.07, 6.45) is 1.48. The van der Waals surface area contributed by atoms with Gasteiger partial charge in [-0.3, -0.25) is 9.59 Å². The lowest BCUT2D eigenvalue weighted by molar-refractivity contribution is -0.127. The zero-order valence-corrected chi connectivity index (χ0v) is 13.9. The highest BCUT2D eigenvalue weighted by molar-refractivity contribution is 7.91. The summed E-state index contributed by atoms with van der Waals surface area (Å²) in [5.41, 5.74) is -0.535. The molecule has 1 aromatic rings.